The molecule has 0 atom stereocenters. The van der Waals surface area contributed by atoms with E-state index in [1.54, 1.807) is 11.4 Å². The molecular weight excluding hydrogens is 262 g/mol. The molecule has 8 nitrogen and oxygen atoms in total. The highest BCUT2D eigenvalue weighted by atomic mass is 16.3. The van der Waals surface area contributed by atoms with Crippen molar-refractivity contribution in [1.29, 1.82) is 0 Å². The van der Waals surface area contributed by atoms with Crippen LogP contribution in [0.2, 0.25) is 0 Å². The zero-order chi connectivity index (χ0) is 14.4. The molecule has 0 saturated heterocycles. The number of hydrogen-bond acceptors (Lipinski definition) is 4. The first kappa shape index (κ1) is 12.7. The summed E-state index contributed by atoms with van der Waals surface area (Å²) in [5.74, 6) is 0.595. The van der Waals surface area contributed by atoms with Crippen LogP contribution in [0.4, 0.5) is 0 Å². The van der Waals surface area contributed by atoms with Crippen LogP contribution in [0, 0.1) is 6.92 Å². The SMILES string of the molecule is Cc1cn2c3c(=O)[nH]c(=O)n(C)c3nc2n1CCCO. The van der Waals surface area contributed by atoms with Crippen LogP contribution >= 0.6 is 0 Å². The molecule has 0 unspecified atom stereocenters. The third-order valence-electron chi connectivity index (χ3n) is 3.45. The molecule has 0 radical (unpaired) electrons. The fourth-order valence-corrected chi connectivity index (χ4v) is 2.42. The summed E-state index contributed by atoms with van der Waals surface area (Å²) >= 11 is 0. The average Bonchev–Trinajstić information content (AvgIpc) is 2.89. The molecule has 2 N–H and O–H groups in total. The smallest absolute Gasteiger partial charge is 0.329 e. The number of aromatic nitrogens is 5. The molecule has 3 aromatic rings. The zero-order valence-corrected chi connectivity index (χ0v) is 11.3. The summed E-state index contributed by atoms with van der Waals surface area (Å²) in [7, 11) is 1.57. The lowest BCUT2D eigenvalue weighted by molar-refractivity contribution is 0.280. The van der Waals surface area contributed by atoms with Gasteiger partial charge in [-0.3, -0.25) is 18.7 Å². The number of fused-ring (bicyclic) bond motifs is 3. The van der Waals surface area contributed by atoms with Crippen molar-refractivity contribution in [3.05, 3.63) is 32.7 Å². The third kappa shape index (κ3) is 1.61. The Balaban J connectivity index is 2.41. The van der Waals surface area contributed by atoms with E-state index in [0.717, 1.165) is 5.69 Å². The predicted octanol–water partition coefficient (Wildman–Crippen LogP) is -0.633. The van der Waals surface area contributed by atoms with Gasteiger partial charge < -0.3 is 9.67 Å². The van der Waals surface area contributed by atoms with Crippen LogP contribution in [0.15, 0.2) is 15.8 Å². The molecule has 0 spiro atoms. The molecule has 0 aliphatic carbocycles. The van der Waals surface area contributed by atoms with E-state index in [1.807, 2.05) is 17.7 Å². The summed E-state index contributed by atoms with van der Waals surface area (Å²) in [5, 5.41) is 8.95. The van der Waals surface area contributed by atoms with Gasteiger partial charge in [0.05, 0.1) is 0 Å². The molecule has 3 aromatic heterocycles. The Morgan fingerprint density at radius 1 is 1.40 bits per heavy atom. The van der Waals surface area contributed by atoms with E-state index >= 15 is 0 Å². The van der Waals surface area contributed by atoms with Gasteiger partial charge in [0.15, 0.2) is 11.2 Å². The van der Waals surface area contributed by atoms with Crippen LogP contribution in [-0.2, 0) is 13.6 Å². The average molecular weight is 277 g/mol. The number of aliphatic hydroxyl groups excluding tert-OH is 1. The number of aryl methyl sites for hydroxylation is 3. The van der Waals surface area contributed by atoms with Crippen molar-refractivity contribution < 1.29 is 5.11 Å². The molecule has 106 valence electrons. The topological polar surface area (TPSA) is 97.3 Å². The molecule has 20 heavy (non-hydrogen) atoms. The van der Waals surface area contributed by atoms with Gasteiger partial charge in [-0.1, -0.05) is 0 Å². The van der Waals surface area contributed by atoms with E-state index < -0.39 is 11.2 Å². The van der Waals surface area contributed by atoms with Crippen LogP contribution in [0.25, 0.3) is 16.9 Å². The normalized spacial score (nSPS) is 11.8. The van der Waals surface area contributed by atoms with E-state index in [1.165, 1.54) is 4.57 Å². The minimum atomic E-state index is -0.484. The Morgan fingerprint density at radius 3 is 2.85 bits per heavy atom. The summed E-state index contributed by atoms with van der Waals surface area (Å²) in [6.45, 7) is 2.60. The molecule has 0 fully saturated rings. The number of aliphatic hydroxyl groups is 1. The van der Waals surface area contributed by atoms with Crippen molar-refractivity contribution in [1.82, 2.24) is 23.5 Å². The van der Waals surface area contributed by atoms with Gasteiger partial charge in [-0.25, -0.2) is 4.79 Å². The third-order valence-corrected chi connectivity index (χ3v) is 3.45. The van der Waals surface area contributed by atoms with Crippen molar-refractivity contribution in [2.45, 2.75) is 19.9 Å². The van der Waals surface area contributed by atoms with Crippen LogP contribution < -0.4 is 11.2 Å². The summed E-state index contributed by atoms with van der Waals surface area (Å²) in [4.78, 5) is 30.2. The van der Waals surface area contributed by atoms with Gasteiger partial charge in [0, 0.05) is 32.1 Å². The van der Waals surface area contributed by atoms with Gasteiger partial charge in [-0.05, 0) is 13.3 Å². The number of aromatic amines is 1. The lowest BCUT2D eigenvalue weighted by Gasteiger charge is -2.03. The van der Waals surface area contributed by atoms with Crippen LogP contribution in [-0.4, -0.2) is 35.2 Å². The largest absolute Gasteiger partial charge is 0.396 e. The van der Waals surface area contributed by atoms with Crippen molar-refractivity contribution >= 4 is 16.9 Å². The molecular formula is C12H15N5O3. The Hall–Kier alpha value is -2.35. The highest BCUT2D eigenvalue weighted by Gasteiger charge is 2.16. The van der Waals surface area contributed by atoms with Crippen molar-refractivity contribution in [3.63, 3.8) is 0 Å². The van der Waals surface area contributed by atoms with E-state index in [-0.39, 0.29) is 6.61 Å². The van der Waals surface area contributed by atoms with Gasteiger partial charge in [0.2, 0.25) is 5.78 Å². The first-order chi connectivity index (χ1) is 9.54. The minimum absolute atomic E-state index is 0.0864. The van der Waals surface area contributed by atoms with Gasteiger partial charge in [0.25, 0.3) is 5.56 Å². The van der Waals surface area contributed by atoms with Crippen LogP contribution in [0.3, 0.4) is 0 Å². The Kier molecular flexibility index (Phi) is 2.75. The molecule has 3 heterocycles. The van der Waals surface area contributed by atoms with E-state index in [2.05, 4.69) is 9.97 Å². The molecule has 0 aromatic carbocycles. The second-order valence-electron chi connectivity index (χ2n) is 4.77. The number of nitrogens with zero attached hydrogens (tertiary/aromatic N) is 4. The van der Waals surface area contributed by atoms with E-state index in [4.69, 9.17) is 5.11 Å². The number of imidazole rings is 2. The molecule has 0 aliphatic rings. The number of rotatable bonds is 3. The monoisotopic (exact) mass is 277 g/mol. The zero-order valence-electron chi connectivity index (χ0n) is 11.3. The maximum Gasteiger partial charge on any atom is 0.329 e. The lowest BCUT2D eigenvalue weighted by atomic mass is 10.4. The maximum atomic E-state index is 12.0. The van der Waals surface area contributed by atoms with Crippen molar-refractivity contribution in [2.24, 2.45) is 7.05 Å². The molecule has 0 amide bonds. The number of nitrogens with one attached hydrogen (secondary N) is 1. The molecule has 3 rings (SSSR count). The molecule has 0 bridgehead atoms. The maximum absolute atomic E-state index is 12.0. The fourth-order valence-electron chi connectivity index (χ4n) is 2.42. The van der Waals surface area contributed by atoms with Crippen molar-refractivity contribution in [3.8, 4) is 0 Å². The highest BCUT2D eigenvalue weighted by Crippen LogP contribution is 2.15. The molecule has 0 aliphatic heterocycles. The first-order valence-electron chi connectivity index (χ1n) is 6.32. The van der Waals surface area contributed by atoms with Gasteiger partial charge in [-0.15, -0.1) is 0 Å². The highest BCUT2D eigenvalue weighted by molar-refractivity contribution is 5.75. The Labute approximate surface area is 112 Å². The van der Waals surface area contributed by atoms with Crippen LogP contribution in [0.1, 0.15) is 12.1 Å². The Morgan fingerprint density at radius 2 is 2.15 bits per heavy atom. The summed E-state index contributed by atoms with van der Waals surface area (Å²) < 4.78 is 4.91. The van der Waals surface area contributed by atoms with E-state index in [0.29, 0.717) is 29.9 Å². The molecule has 0 saturated carbocycles. The fraction of sp³-hybridized carbons (Fsp3) is 0.417. The predicted molar refractivity (Wildman–Crippen MR) is 73.0 cm³/mol. The minimum Gasteiger partial charge on any atom is -0.396 e. The second-order valence-corrected chi connectivity index (χ2v) is 4.77. The second kappa shape index (κ2) is 4.34. The Bertz CT molecular complexity index is 911. The quantitative estimate of drug-likeness (QED) is 0.666. The van der Waals surface area contributed by atoms with Crippen molar-refractivity contribution in [2.75, 3.05) is 6.61 Å². The number of H-pyrrole nitrogens is 1. The van der Waals surface area contributed by atoms with Gasteiger partial charge in [-0.2, -0.15) is 4.98 Å². The first-order valence-corrected chi connectivity index (χ1v) is 6.32. The number of hydrogen-bond donors (Lipinski definition) is 2. The molecule has 8 heteroatoms. The van der Waals surface area contributed by atoms with E-state index in [9.17, 15) is 9.59 Å². The summed E-state index contributed by atoms with van der Waals surface area (Å²) in [6.07, 6.45) is 2.41. The van der Waals surface area contributed by atoms with Gasteiger partial charge >= 0.3 is 5.69 Å². The summed E-state index contributed by atoms with van der Waals surface area (Å²) in [6, 6.07) is 0. The summed E-state index contributed by atoms with van der Waals surface area (Å²) in [5.41, 5.74) is 0.715. The lowest BCUT2D eigenvalue weighted by Crippen LogP contribution is -2.28. The van der Waals surface area contributed by atoms with Crippen LogP contribution in [0.5, 0.6) is 0 Å². The van der Waals surface area contributed by atoms with Gasteiger partial charge in [0.1, 0.15) is 0 Å². The standard InChI is InChI=1S/C12H15N5O3/c1-7-6-17-8-9(15(2)12(20)14-10(8)19)13-11(17)16(7)4-3-5-18/h6,18H,3-5H2,1-2H3,(H,14,19,20).